The predicted octanol–water partition coefficient (Wildman–Crippen LogP) is 1.24. The molecule has 0 radical (unpaired) electrons. The first-order chi connectivity index (χ1) is 8.25. The van der Waals surface area contributed by atoms with Gasteiger partial charge in [-0.1, -0.05) is 13.8 Å². The van der Waals surface area contributed by atoms with Gasteiger partial charge in [0.05, 0.1) is 12.7 Å². The molecule has 0 aromatic carbocycles. The molecule has 0 unspecified atom stereocenters. The highest BCUT2D eigenvalue weighted by Crippen LogP contribution is 2.09. The summed E-state index contributed by atoms with van der Waals surface area (Å²) in [4.78, 5) is 4.43. The van der Waals surface area contributed by atoms with E-state index in [1.54, 1.807) is 0 Å². The van der Waals surface area contributed by atoms with Crippen molar-refractivity contribution >= 4 is 0 Å². The number of aromatic amines is 1. The van der Waals surface area contributed by atoms with Crippen LogP contribution >= 0.6 is 0 Å². The van der Waals surface area contributed by atoms with Crippen LogP contribution in [0.25, 0.3) is 0 Å². The molecule has 1 fully saturated rings. The zero-order valence-corrected chi connectivity index (χ0v) is 10.7. The van der Waals surface area contributed by atoms with Gasteiger partial charge < -0.3 is 10.1 Å². The third kappa shape index (κ3) is 3.78. The molecule has 1 aliphatic rings. The molecule has 0 spiro atoms. The van der Waals surface area contributed by atoms with Crippen LogP contribution in [0.1, 0.15) is 44.3 Å². The van der Waals surface area contributed by atoms with E-state index < -0.39 is 0 Å². The molecule has 1 aromatic rings. The summed E-state index contributed by atoms with van der Waals surface area (Å²) in [5.41, 5.74) is 0. The third-order valence-electron chi connectivity index (χ3n) is 3.04. The minimum atomic E-state index is 0.380. The lowest BCUT2D eigenvalue weighted by Gasteiger charge is -2.22. The Bertz CT molecular complexity index is 331. The topological polar surface area (TPSA) is 62.8 Å². The van der Waals surface area contributed by atoms with Gasteiger partial charge in [-0.05, 0) is 25.9 Å². The van der Waals surface area contributed by atoms with Gasteiger partial charge in [0, 0.05) is 12.3 Å². The van der Waals surface area contributed by atoms with Crippen LogP contribution in [0, 0.1) is 0 Å². The molecule has 0 aliphatic carbocycles. The van der Waals surface area contributed by atoms with Gasteiger partial charge in [0.25, 0.3) is 0 Å². The fourth-order valence-electron chi connectivity index (χ4n) is 1.96. The van der Waals surface area contributed by atoms with Gasteiger partial charge in [0.15, 0.2) is 5.82 Å². The van der Waals surface area contributed by atoms with Crippen LogP contribution in [0.3, 0.4) is 0 Å². The molecule has 96 valence electrons. The Morgan fingerprint density at radius 2 is 2.12 bits per heavy atom. The molecule has 0 saturated carbocycles. The predicted molar refractivity (Wildman–Crippen MR) is 66.0 cm³/mol. The van der Waals surface area contributed by atoms with E-state index >= 15 is 0 Å². The summed E-state index contributed by atoms with van der Waals surface area (Å²) in [6, 6.07) is 0. The molecule has 2 N–H and O–H groups in total. The first kappa shape index (κ1) is 12.5. The van der Waals surface area contributed by atoms with E-state index in [0.29, 0.717) is 12.0 Å². The van der Waals surface area contributed by atoms with Crippen molar-refractivity contribution in [1.29, 1.82) is 0 Å². The fraction of sp³-hybridized carbons (Fsp3) is 0.833. The van der Waals surface area contributed by atoms with Gasteiger partial charge in [-0.2, -0.15) is 5.10 Å². The molecule has 1 aliphatic heterocycles. The summed E-state index contributed by atoms with van der Waals surface area (Å²) < 4.78 is 5.83. The quantitative estimate of drug-likeness (QED) is 0.810. The van der Waals surface area contributed by atoms with Gasteiger partial charge in [-0.3, -0.25) is 5.10 Å². The highest BCUT2D eigenvalue weighted by molar-refractivity contribution is 4.94. The van der Waals surface area contributed by atoms with Gasteiger partial charge in [-0.25, -0.2) is 4.98 Å². The highest BCUT2D eigenvalue weighted by atomic mass is 16.5. The van der Waals surface area contributed by atoms with E-state index in [1.165, 1.54) is 0 Å². The van der Waals surface area contributed by atoms with Crippen LogP contribution in [0.2, 0.25) is 0 Å². The molecule has 0 bridgehead atoms. The average molecular weight is 238 g/mol. The minimum absolute atomic E-state index is 0.380. The van der Waals surface area contributed by atoms with Crippen LogP contribution in [0.5, 0.6) is 0 Å². The number of piperidine rings is 1. The average Bonchev–Trinajstić information content (AvgIpc) is 2.79. The molecular weight excluding hydrogens is 216 g/mol. The lowest BCUT2D eigenvalue weighted by atomic mass is 10.1. The fourth-order valence-corrected chi connectivity index (χ4v) is 1.96. The van der Waals surface area contributed by atoms with Crippen molar-refractivity contribution in [3.63, 3.8) is 0 Å². The maximum absolute atomic E-state index is 5.83. The Hall–Kier alpha value is -0.940. The van der Waals surface area contributed by atoms with Crippen molar-refractivity contribution < 1.29 is 4.74 Å². The van der Waals surface area contributed by atoms with Crippen LogP contribution in [-0.2, 0) is 11.2 Å². The second-order valence-corrected chi connectivity index (χ2v) is 4.87. The molecule has 1 saturated heterocycles. The monoisotopic (exact) mass is 238 g/mol. The minimum Gasteiger partial charge on any atom is -0.378 e. The zero-order chi connectivity index (χ0) is 12.1. The summed E-state index contributed by atoms with van der Waals surface area (Å²) in [5, 5.41) is 10.5. The lowest BCUT2D eigenvalue weighted by molar-refractivity contribution is 0.0342. The second kappa shape index (κ2) is 6.12. The molecule has 5 nitrogen and oxygen atoms in total. The summed E-state index contributed by atoms with van der Waals surface area (Å²) >= 11 is 0. The summed E-state index contributed by atoms with van der Waals surface area (Å²) in [6.45, 7) is 7.07. The number of nitrogens with one attached hydrogen (secondary N) is 2. The molecule has 2 heterocycles. The van der Waals surface area contributed by atoms with Crippen molar-refractivity contribution in [2.24, 2.45) is 0 Å². The van der Waals surface area contributed by atoms with Crippen molar-refractivity contribution in [2.75, 3.05) is 19.7 Å². The van der Waals surface area contributed by atoms with E-state index in [9.17, 15) is 0 Å². The van der Waals surface area contributed by atoms with Crippen LogP contribution < -0.4 is 5.32 Å². The Balaban J connectivity index is 1.70. The number of ether oxygens (including phenoxy) is 1. The first-order valence-electron chi connectivity index (χ1n) is 6.49. The second-order valence-electron chi connectivity index (χ2n) is 4.87. The molecular formula is C12H22N4O. The normalized spacial score (nSPS) is 17.8. The number of hydrogen-bond donors (Lipinski definition) is 2. The largest absolute Gasteiger partial charge is 0.378 e. The van der Waals surface area contributed by atoms with E-state index in [1.807, 2.05) is 0 Å². The van der Waals surface area contributed by atoms with Crippen LogP contribution in [0.4, 0.5) is 0 Å². The molecule has 2 rings (SSSR count). The third-order valence-corrected chi connectivity index (χ3v) is 3.04. The summed E-state index contributed by atoms with van der Waals surface area (Å²) in [7, 11) is 0. The molecule has 0 amide bonds. The maximum atomic E-state index is 5.83. The summed E-state index contributed by atoms with van der Waals surface area (Å²) in [5.74, 6) is 2.20. The zero-order valence-electron chi connectivity index (χ0n) is 10.7. The van der Waals surface area contributed by atoms with E-state index in [-0.39, 0.29) is 0 Å². The molecule has 1 aromatic heterocycles. The Kier molecular flexibility index (Phi) is 4.50. The van der Waals surface area contributed by atoms with E-state index in [4.69, 9.17) is 4.74 Å². The lowest BCUT2D eigenvalue weighted by Crippen LogP contribution is -2.32. The maximum Gasteiger partial charge on any atom is 0.153 e. The van der Waals surface area contributed by atoms with Crippen molar-refractivity contribution in [3.05, 3.63) is 11.6 Å². The van der Waals surface area contributed by atoms with Gasteiger partial charge in [0.1, 0.15) is 5.82 Å². The summed E-state index contributed by atoms with van der Waals surface area (Å²) in [6.07, 6.45) is 3.48. The number of H-pyrrole nitrogens is 1. The first-order valence-corrected chi connectivity index (χ1v) is 6.49. The molecule has 5 heteroatoms. The van der Waals surface area contributed by atoms with Gasteiger partial charge >= 0.3 is 0 Å². The van der Waals surface area contributed by atoms with E-state index in [0.717, 1.165) is 50.6 Å². The Labute approximate surface area is 102 Å². The van der Waals surface area contributed by atoms with Crippen LogP contribution in [-0.4, -0.2) is 41.0 Å². The van der Waals surface area contributed by atoms with Crippen molar-refractivity contribution in [1.82, 2.24) is 20.5 Å². The highest BCUT2D eigenvalue weighted by Gasteiger charge is 2.13. The number of nitrogens with zero attached hydrogens (tertiary/aromatic N) is 2. The van der Waals surface area contributed by atoms with Crippen molar-refractivity contribution in [3.8, 4) is 0 Å². The van der Waals surface area contributed by atoms with Gasteiger partial charge in [0.2, 0.25) is 0 Å². The molecule has 17 heavy (non-hydrogen) atoms. The number of hydrogen-bond acceptors (Lipinski definition) is 4. The number of aromatic nitrogens is 3. The smallest absolute Gasteiger partial charge is 0.153 e. The van der Waals surface area contributed by atoms with E-state index in [2.05, 4.69) is 34.3 Å². The van der Waals surface area contributed by atoms with Gasteiger partial charge in [-0.15, -0.1) is 0 Å². The molecule has 0 atom stereocenters. The van der Waals surface area contributed by atoms with Crippen molar-refractivity contribution in [2.45, 2.75) is 45.1 Å². The number of rotatable bonds is 5. The SMILES string of the molecule is CC(C)c1n[nH]c(CCOC2CCNCC2)n1. The Morgan fingerprint density at radius 1 is 1.35 bits per heavy atom. The Morgan fingerprint density at radius 3 is 2.76 bits per heavy atom. The van der Waals surface area contributed by atoms with Crippen LogP contribution in [0.15, 0.2) is 0 Å². The standard InChI is InChI=1S/C12H22N4O/c1-9(2)12-14-11(15-16-12)5-8-17-10-3-6-13-7-4-10/h9-10,13H,3-8H2,1-2H3,(H,14,15,16).